The number of methoxy groups -OCH3 is 1. The average molecular weight is 1000 g/mol. The number of carbonyl (C=O) groups is 3. The molecule has 3 aromatic heterocycles. The van der Waals surface area contributed by atoms with Crippen molar-refractivity contribution in [1.29, 1.82) is 0 Å². The molecule has 0 saturated carbocycles. The Morgan fingerprint density at radius 1 is 0.868 bits per heavy atom. The van der Waals surface area contributed by atoms with Crippen molar-refractivity contribution in [2.75, 3.05) is 86.7 Å². The van der Waals surface area contributed by atoms with Gasteiger partial charge in [0.1, 0.15) is 30.4 Å². The lowest BCUT2D eigenvalue weighted by molar-refractivity contribution is -0.134. The minimum atomic E-state index is -2.71. The lowest BCUT2D eigenvalue weighted by Gasteiger charge is -2.38. The van der Waals surface area contributed by atoms with Crippen LogP contribution in [0.3, 0.4) is 0 Å². The van der Waals surface area contributed by atoms with Crippen molar-refractivity contribution in [1.82, 2.24) is 40.3 Å². The van der Waals surface area contributed by atoms with Crippen LogP contribution in [-0.2, 0) is 21.2 Å². The van der Waals surface area contributed by atoms with E-state index in [4.69, 9.17) is 9.72 Å². The Labute approximate surface area is 403 Å². The van der Waals surface area contributed by atoms with Gasteiger partial charge in [0.05, 0.1) is 41.0 Å². The van der Waals surface area contributed by atoms with Crippen LogP contribution in [0.25, 0.3) is 22.3 Å². The van der Waals surface area contributed by atoms with E-state index in [0.29, 0.717) is 39.3 Å². The van der Waals surface area contributed by atoms with E-state index in [1.54, 1.807) is 43.6 Å². The van der Waals surface area contributed by atoms with Crippen LogP contribution >= 0.6 is 23.1 Å². The first-order valence-electron chi connectivity index (χ1n) is 22.6. The zero-order chi connectivity index (χ0) is 47.5. The molecule has 0 radical (unpaired) electrons. The number of benzene rings is 3. The largest absolute Gasteiger partial charge is 0.494 e. The number of aryl methyl sites for hydroxylation is 1. The fraction of sp³-hybridized carbons (Fsp3) is 0.327. The van der Waals surface area contributed by atoms with Crippen molar-refractivity contribution in [3.8, 4) is 28.0 Å². The first-order chi connectivity index (χ1) is 32.8. The van der Waals surface area contributed by atoms with Gasteiger partial charge in [-0.05, 0) is 89.5 Å². The second kappa shape index (κ2) is 19.9. The van der Waals surface area contributed by atoms with Gasteiger partial charge in [0.2, 0.25) is 17.8 Å². The number of nitrogens with zero attached hydrogens (tertiary/aromatic N) is 8. The number of aromatic nitrogens is 5. The normalized spacial score (nSPS) is 17.8. The van der Waals surface area contributed by atoms with Gasteiger partial charge in [-0.1, -0.05) is 36.4 Å². The Balaban J connectivity index is 0.857. The molecule has 3 saturated heterocycles. The molecule has 0 spiro atoms. The topological polar surface area (TPSA) is 192 Å². The van der Waals surface area contributed by atoms with Crippen molar-refractivity contribution < 1.29 is 23.7 Å². The molecule has 2 atom stereocenters. The molecule has 0 aliphatic carbocycles. The van der Waals surface area contributed by atoms with Crippen LogP contribution in [0.15, 0.2) is 102 Å². The third-order valence-electron chi connectivity index (χ3n) is 12.7. The highest BCUT2D eigenvalue weighted by atomic mass is 79.9. The number of piperidine rings is 1. The molecule has 6 heterocycles. The second-order valence-corrected chi connectivity index (χ2v) is 21.9. The molecule has 352 valence electrons. The highest BCUT2D eigenvalue weighted by molar-refractivity contribution is 9.10. The number of pyridine rings is 1. The molecule has 4 N–H and O–H groups in total. The van der Waals surface area contributed by atoms with Gasteiger partial charge in [-0.25, -0.2) is 9.97 Å². The van der Waals surface area contributed by atoms with Gasteiger partial charge in [0.25, 0.3) is 5.91 Å². The van der Waals surface area contributed by atoms with Gasteiger partial charge in [0.15, 0.2) is 0 Å². The Morgan fingerprint density at radius 3 is 2.38 bits per heavy atom. The molecule has 6 aromatic rings. The minimum absolute atomic E-state index is 0.190. The maximum atomic E-state index is 13.6. The summed E-state index contributed by atoms with van der Waals surface area (Å²) < 4.78 is 22.1. The van der Waals surface area contributed by atoms with Crippen molar-refractivity contribution >= 4 is 80.6 Å². The molecule has 3 aliphatic rings. The van der Waals surface area contributed by atoms with E-state index in [9.17, 15) is 18.9 Å². The van der Waals surface area contributed by atoms with Gasteiger partial charge in [-0.15, -0.1) is 0 Å². The van der Waals surface area contributed by atoms with Gasteiger partial charge >= 0.3 is 0 Å². The predicted molar refractivity (Wildman–Crippen MR) is 269 cm³/mol. The summed E-state index contributed by atoms with van der Waals surface area (Å²) >= 11 is 3.63. The lowest BCUT2D eigenvalue weighted by atomic mass is 10.0. The van der Waals surface area contributed by atoms with Crippen molar-refractivity contribution in [3.05, 3.63) is 108 Å². The van der Waals surface area contributed by atoms with E-state index in [1.165, 1.54) is 0 Å². The van der Waals surface area contributed by atoms with E-state index in [1.807, 2.05) is 74.0 Å². The Morgan fingerprint density at radius 2 is 1.68 bits per heavy atom. The summed E-state index contributed by atoms with van der Waals surface area (Å²) in [6.45, 7) is 9.76. The number of rotatable bonds is 14. The zero-order valence-corrected chi connectivity index (χ0v) is 40.9. The monoisotopic (exact) mass is 1000 g/mol. The molecule has 3 fully saturated rings. The quantitative estimate of drug-likeness (QED) is 0.0672. The number of hydrogen-bond donors (Lipinski definition) is 4. The number of ether oxygens (including phenoxy) is 1. The van der Waals surface area contributed by atoms with Gasteiger partial charge in [-0.2, -0.15) is 10.1 Å². The standard InChI is InChI=1S/C49H54BrN12O5P/c1-59-30-34(25-53-59)36-23-41(56-49-52-27-37(50)46(58-49)54-38-12-10-33(22-44(38)68(3,4)66)32-8-6-5-7-9-32)43(67-2)24-42(36)61-20-18-60(19-21-61)28-31-16-17-62(29-31)35-11-13-39(51-26-35)47(64)55-40-14-15-45(63)57-48(40)65/h5-13,22-27,30-31,40H,14-21,28-29H2,1-4H3,(H,55,64)(H,57,63,65)(H2,52,54,56,58)/t31-,40?/m0/s1. The Kier molecular flexibility index (Phi) is 13.6. The Hall–Kier alpha value is -6.62. The zero-order valence-electron chi connectivity index (χ0n) is 38.4. The number of halogens is 1. The number of carbonyl (C=O) groups excluding carboxylic acids is 3. The lowest BCUT2D eigenvalue weighted by Crippen LogP contribution is -2.52. The molecule has 19 heteroatoms. The molecular weight excluding hydrogens is 947 g/mol. The molecule has 3 aliphatic heterocycles. The second-order valence-electron chi connectivity index (χ2n) is 17.8. The van der Waals surface area contributed by atoms with E-state index in [0.717, 1.165) is 91.2 Å². The number of nitrogens with one attached hydrogen (secondary N) is 4. The number of imide groups is 1. The van der Waals surface area contributed by atoms with Gasteiger partial charge < -0.3 is 35.1 Å². The maximum absolute atomic E-state index is 13.6. The highest BCUT2D eigenvalue weighted by Gasteiger charge is 2.31. The number of piperazine rings is 1. The molecule has 0 bridgehead atoms. The summed E-state index contributed by atoms with van der Waals surface area (Å²) in [6.07, 6.45) is 8.80. The van der Waals surface area contributed by atoms with Crippen molar-refractivity contribution in [2.24, 2.45) is 13.0 Å². The van der Waals surface area contributed by atoms with Crippen LogP contribution in [-0.4, -0.2) is 120 Å². The van der Waals surface area contributed by atoms with E-state index in [2.05, 4.69) is 79.1 Å². The van der Waals surface area contributed by atoms with Gasteiger partial charge in [-0.3, -0.25) is 29.3 Å². The summed E-state index contributed by atoms with van der Waals surface area (Å²) in [5, 5.41) is 17.0. The summed E-state index contributed by atoms with van der Waals surface area (Å²) in [7, 11) is 0.859. The Bertz CT molecular complexity index is 2890. The number of amides is 3. The van der Waals surface area contributed by atoms with Crippen LogP contribution in [0, 0.1) is 5.92 Å². The molecule has 1 unspecified atom stereocenters. The summed E-state index contributed by atoms with van der Waals surface area (Å²) in [4.78, 5) is 57.6. The van der Waals surface area contributed by atoms with Gasteiger partial charge in [0, 0.05) is 99.9 Å². The molecular formula is C49H54BrN12O5P. The molecule has 17 nitrogen and oxygen atoms in total. The van der Waals surface area contributed by atoms with Crippen molar-refractivity contribution in [3.63, 3.8) is 0 Å². The number of anilines is 6. The summed E-state index contributed by atoms with van der Waals surface area (Å²) in [6, 6.07) is 23.0. The third kappa shape index (κ3) is 10.6. The van der Waals surface area contributed by atoms with Crippen molar-refractivity contribution in [2.45, 2.75) is 25.3 Å². The first-order valence-corrected chi connectivity index (χ1v) is 26.0. The first kappa shape index (κ1) is 46.5. The fourth-order valence-corrected chi connectivity index (χ4v) is 10.5. The summed E-state index contributed by atoms with van der Waals surface area (Å²) in [5.74, 6) is 0.715. The van der Waals surface area contributed by atoms with Crippen LogP contribution in [0.1, 0.15) is 29.8 Å². The molecule has 3 amide bonds. The minimum Gasteiger partial charge on any atom is -0.494 e. The van der Waals surface area contributed by atoms with Crippen LogP contribution in [0.2, 0.25) is 0 Å². The third-order valence-corrected chi connectivity index (χ3v) is 14.8. The molecule has 68 heavy (non-hydrogen) atoms. The van der Waals surface area contributed by atoms with Crippen LogP contribution in [0.5, 0.6) is 5.75 Å². The number of hydrogen-bond acceptors (Lipinski definition) is 14. The maximum Gasteiger partial charge on any atom is 0.270 e. The van der Waals surface area contributed by atoms with E-state index in [-0.39, 0.29) is 24.4 Å². The molecule has 3 aromatic carbocycles. The van der Waals surface area contributed by atoms with Crippen LogP contribution in [0.4, 0.5) is 34.5 Å². The average Bonchev–Trinajstić information content (AvgIpc) is 4.00. The smallest absolute Gasteiger partial charge is 0.270 e. The van der Waals surface area contributed by atoms with Crippen LogP contribution < -0.4 is 41.1 Å². The predicted octanol–water partition coefficient (Wildman–Crippen LogP) is 6.63. The molecule has 9 rings (SSSR count). The summed E-state index contributed by atoms with van der Waals surface area (Å²) in [5.41, 5.74) is 7.61. The fourth-order valence-electron chi connectivity index (χ4n) is 9.07. The van der Waals surface area contributed by atoms with E-state index >= 15 is 0 Å². The highest BCUT2D eigenvalue weighted by Crippen LogP contribution is 2.43. The SMILES string of the molecule is COc1cc(N2CCN(C[C@@H]3CCN(c4ccc(C(=O)NC5CCC(=O)NC5=O)nc4)C3)CC2)c(-c2cnn(C)c2)cc1Nc1ncc(Br)c(Nc2ccc(-c3ccccc3)cc2P(C)(C)=O)n1. The van der Waals surface area contributed by atoms with E-state index < -0.39 is 25.0 Å².